The van der Waals surface area contributed by atoms with Crippen LogP contribution < -0.4 is 0 Å². The monoisotopic (exact) mass is 308 g/mol. The number of alkyl halides is 3. The Labute approximate surface area is 106 Å². The first-order chi connectivity index (χ1) is 7.84. The van der Waals surface area contributed by atoms with Gasteiger partial charge >= 0.3 is 6.18 Å². The molecule has 1 nitrogen and oxygen atoms in total. The van der Waals surface area contributed by atoms with Gasteiger partial charge in [-0.2, -0.15) is 13.2 Å². The van der Waals surface area contributed by atoms with Crippen molar-refractivity contribution in [2.75, 3.05) is 0 Å². The predicted octanol–water partition coefficient (Wildman–Crippen LogP) is 3.91. The highest BCUT2D eigenvalue weighted by Gasteiger charge is 2.39. The molecule has 0 fully saturated rings. The van der Waals surface area contributed by atoms with E-state index in [9.17, 15) is 13.2 Å². The van der Waals surface area contributed by atoms with E-state index in [1.165, 1.54) is 6.08 Å². The summed E-state index contributed by atoms with van der Waals surface area (Å²) in [5.41, 5.74) is 1.71. The maximum atomic E-state index is 12.2. The second-order valence-corrected chi connectivity index (χ2v) is 4.48. The van der Waals surface area contributed by atoms with E-state index >= 15 is 0 Å². The number of aliphatic hydroxyl groups is 1. The van der Waals surface area contributed by atoms with E-state index in [2.05, 4.69) is 15.9 Å². The van der Waals surface area contributed by atoms with Gasteiger partial charge < -0.3 is 5.11 Å². The fourth-order valence-electron chi connectivity index (χ4n) is 1.24. The molecule has 5 heteroatoms. The molecule has 0 aliphatic rings. The number of aryl methyl sites for hydroxylation is 1. The zero-order valence-electron chi connectivity index (χ0n) is 9.13. The third-order valence-corrected chi connectivity index (χ3v) is 2.93. The Bertz CT molecular complexity index is 395. The van der Waals surface area contributed by atoms with Crippen LogP contribution in [0.4, 0.5) is 13.2 Å². The van der Waals surface area contributed by atoms with Crippen LogP contribution in [0, 0.1) is 0 Å². The van der Waals surface area contributed by atoms with Crippen LogP contribution in [0.25, 0.3) is 6.08 Å². The largest absolute Gasteiger partial charge is 0.419 e. The number of hydrogen-bond donors (Lipinski definition) is 1. The van der Waals surface area contributed by atoms with Crippen LogP contribution in [-0.2, 0) is 6.42 Å². The summed E-state index contributed by atoms with van der Waals surface area (Å²) in [5.74, 6) is 0. The summed E-state index contributed by atoms with van der Waals surface area (Å²) in [5, 5.41) is 8.98. The first-order valence-electron chi connectivity index (χ1n) is 5.05. The highest BCUT2D eigenvalue weighted by Crippen LogP contribution is 2.29. The Kier molecular flexibility index (Phi) is 4.77. The van der Waals surface area contributed by atoms with E-state index in [4.69, 9.17) is 5.11 Å². The molecule has 0 amide bonds. The van der Waals surface area contributed by atoms with Crippen LogP contribution >= 0.6 is 15.9 Å². The molecule has 0 aliphatic heterocycles. The molecule has 0 heterocycles. The van der Waals surface area contributed by atoms with E-state index in [-0.39, 0.29) is 4.48 Å². The molecule has 17 heavy (non-hydrogen) atoms. The predicted molar refractivity (Wildman–Crippen MR) is 64.8 cm³/mol. The number of aliphatic hydroxyl groups excluding tert-OH is 1. The molecule has 0 radical (unpaired) electrons. The summed E-state index contributed by atoms with van der Waals surface area (Å²) >= 11 is 2.74. The van der Waals surface area contributed by atoms with Crippen LogP contribution in [0.2, 0.25) is 0 Å². The third kappa shape index (κ3) is 4.16. The molecule has 1 rings (SSSR count). The Hall–Kier alpha value is -0.810. The van der Waals surface area contributed by atoms with Crippen molar-refractivity contribution in [1.82, 2.24) is 0 Å². The molecule has 0 saturated carbocycles. The van der Waals surface area contributed by atoms with Crippen molar-refractivity contribution in [2.45, 2.75) is 25.6 Å². The van der Waals surface area contributed by atoms with Crippen molar-refractivity contribution in [3.8, 4) is 0 Å². The first kappa shape index (κ1) is 14.3. The zero-order valence-corrected chi connectivity index (χ0v) is 10.7. The van der Waals surface area contributed by atoms with Gasteiger partial charge in [0.05, 0.1) is 0 Å². The minimum atomic E-state index is -4.65. The number of rotatable bonds is 3. The lowest BCUT2D eigenvalue weighted by Gasteiger charge is -2.13. The first-order valence-corrected chi connectivity index (χ1v) is 5.84. The molecule has 1 aromatic carbocycles. The fraction of sp³-hybridized carbons (Fsp3) is 0.333. The summed E-state index contributed by atoms with van der Waals surface area (Å²) in [4.78, 5) is 0. The standard InChI is InChI=1S/C12H12BrF3O/c1-2-8-3-5-9(6-4-8)7-10(13)11(17)12(14,15)16/h3-7,11,17H,2H2,1H3/b10-7-. The van der Waals surface area contributed by atoms with Gasteiger partial charge in [0.1, 0.15) is 0 Å². The minimum Gasteiger partial charge on any atom is -0.379 e. The minimum absolute atomic E-state index is 0.297. The lowest BCUT2D eigenvalue weighted by molar-refractivity contribution is -0.188. The van der Waals surface area contributed by atoms with Crippen LogP contribution in [0.1, 0.15) is 18.1 Å². The number of benzene rings is 1. The molecule has 1 aromatic rings. The smallest absolute Gasteiger partial charge is 0.379 e. The van der Waals surface area contributed by atoms with Crippen molar-refractivity contribution in [2.24, 2.45) is 0 Å². The van der Waals surface area contributed by atoms with Crippen molar-refractivity contribution < 1.29 is 18.3 Å². The molecule has 0 bridgehead atoms. The molecule has 1 unspecified atom stereocenters. The summed E-state index contributed by atoms with van der Waals surface area (Å²) in [6.45, 7) is 1.99. The summed E-state index contributed by atoms with van der Waals surface area (Å²) in [7, 11) is 0. The van der Waals surface area contributed by atoms with Gasteiger partial charge in [0.2, 0.25) is 0 Å². The van der Waals surface area contributed by atoms with Crippen molar-refractivity contribution >= 4 is 22.0 Å². The molecule has 0 saturated heterocycles. The summed E-state index contributed by atoms with van der Waals surface area (Å²) in [6.07, 6.45) is -5.00. The van der Waals surface area contributed by atoms with Gasteiger partial charge in [0.25, 0.3) is 0 Å². The zero-order chi connectivity index (χ0) is 13.1. The Morgan fingerprint density at radius 3 is 2.29 bits per heavy atom. The van der Waals surface area contributed by atoms with Gasteiger partial charge in [-0.25, -0.2) is 0 Å². The van der Waals surface area contributed by atoms with Crippen molar-refractivity contribution in [3.05, 3.63) is 39.9 Å². The molecule has 94 valence electrons. The topological polar surface area (TPSA) is 20.2 Å². The number of hydrogen-bond acceptors (Lipinski definition) is 1. The lowest BCUT2D eigenvalue weighted by atomic mass is 10.1. The Balaban J connectivity index is 2.87. The highest BCUT2D eigenvalue weighted by molar-refractivity contribution is 9.11. The highest BCUT2D eigenvalue weighted by atomic mass is 79.9. The van der Waals surface area contributed by atoms with Gasteiger partial charge in [-0.1, -0.05) is 47.1 Å². The van der Waals surface area contributed by atoms with Crippen LogP contribution in [-0.4, -0.2) is 17.4 Å². The Morgan fingerprint density at radius 1 is 1.35 bits per heavy atom. The van der Waals surface area contributed by atoms with Crippen LogP contribution in [0.3, 0.4) is 0 Å². The van der Waals surface area contributed by atoms with Gasteiger partial charge in [0, 0.05) is 4.48 Å². The van der Waals surface area contributed by atoms with Crippen molar-refractivity contribution in [1.29, 1.82) is 0 Å². The third-order valence-electron chi connectivity index (χ3n) is 2.26. The number of halogens is 4. The molecule has 0 spiro atoms. The maximum Gasteiger partial charge on any atom is 0.419 e. The average molecular weight is 309 g/mol. The van der Waals surface area contributed by atoms with E-state index in [0.29, 0.717) is 5.56 Å². The fourth-order valence-corrected chi connectivity index (χ4v) is 1.77. The second kappa shape index (κ2) is 5.69. The lowest BCUT2D eigenvalue weighted by Crippen LogP contribution is -2.28. The molecular formula is C12H12BrF3O. The van der Waals surface area contributed by atoms with Crippen LogP contribution in [0.5, 0.6) is 0 Å². The summed E-state index contributed by atoms with van der Waals surface area (Å²) < 4.78 is 36.3. The molecular weight excluding hydrogens is 297 g/mol. The van der Waals surface area contributed by atoms with E-state index in [0.717, 1.165) is 12.0 Å². The second-order valence-electron chi connectivity index (χ2n) is 3.57. The summed E-state index contributed by atoms with van der Waals surface area (Å²) in [6, 6.07) is 7.10. The SMILES string of the molecule is CCc1ccc(/C=C(\Br)C(O)C(F)(F)F)cc1. The normalized spacial score (nSPS) is 14.8. The molecule has 0 aromatic heterocycles. The van der Waals surface area contributed by atoms with Gasteiger partial charge in [0.15, 0.2) is 6.10 Å². The van der Waals surface area contributed by atoms with Crippen LogP contribution in [0.15, 0.2) is 28.7 Å². The van der Waals surface area contributed by atoms with Crippen molar-refractivity contribution in [3.63, 3.8) is 0 Å². The Morgan fingerprint density at radius 2 is 1.88 bits per heavy atom. The van der Waals surface area contributed by atoms with E-state index in [1.54, 1.807) is 12.1 Å². The van der Waals surface area contributed by atoms with Gasteiger partial charge in [-0.15, -0.1) is 0 Å². The van der Waals surface area contributed by atoms with Gasteiger partial charge in [-0.3, -0.25) is 0 Å². The quantitative estimate of drug-likeness (QED) is 0.897. The average Bonchev–Trinajstić information content (AvgIpc) is 2.27. The maximum absolute atomic E-state index is 12.2. The molecule has 0 aliphatic carbocycles. The molecule has 1 N–H and O–H groups in total. The van der Waals surface area contributed by atoms with E-state index in [1.807, 2.05) is 19.1 Å². The van der Waals surface area contributed by atoms with Gasteiger partial charge in [-0.05, 0) is 23.6 Å². The molecule has 1 atom stereocenters. The van der Waals surface area contributed by atoms with E-state index < -0.39 is 12.3 Å².